The van der Waals surface area contributed by atoms with Crippen molar-refractivity contribution in [1.29, 1.82) is 0 Å². The summed E-state index contributed by atoms with van der Waals surface area (Å²) < 4.78 is 0. The number of aliphatic hydroxyl groups excluding tert-OH is 1. The molecule has 1 fully saturated rings. The second-order valence-electron chi connectivity index (χ2n) is 4.40. The van der Waals surface area contributed by atoms with Gasteiger partial charge in [0.15, 0.2) is 0 Å². The maximum absolute atomic E-state index is 9.65. The number of aromatic nitrogens is 1. The Balaban J connectivity index is 1.96. The first kappa shape index (κ1) is 11.4. The zero-order chi connectivity index (χ0) is 11.5. The van der Waals surface area contributed by atoms with Gasteiger partial charge in [0.1, 0.15) is 5.75 Å². The molecule has 1 aromatic heterocycles. The smallest absolute Gasteiger partial charge is 0.138 e. The summed E-state index contributed by atoms with van der Waals surface area (Å²) in [5.41, 5.74) is 1.54. The minimum atomic E-state index is -0.257. The molecular weight excluding hydrogens is 204 g/mol. The van der Waals surface area contributed by atoms with Crippen LogP contribution < -0.4 is 5.32 Å². The molecule has 1 aliphatic rings. The fourth-order valence-corrected chi connectivity index (χ4v) is 2.14. The van der Waals surface area contributed by atoms with E-state index >= 15 is 0 Å². The molecule has 3 N–H and O–H groups in total. The van der Waals surface area contributed by atoms with Gasteiger partial charge in [0, 0.05) is 18.3 Å². The molecule has 2 atom stereocenters. The number of rotatable bonds is 3. The van der Waals surface area contributed by atoms with Crippen molar-refractivity contribution in [2.24, 2.45) is 0 Å². The molecule has 0 aromatic carbocycles. The summed E-state index contributed by atoms with van der Waals surface area (Å²) in [5, 5.41) is 22.5. The van der Waals surface area contributed by atoms with Crippen LogP contribution in [0.2, 0.25) is 0 Å². The maximum Gasteiger partial charge on any atom is 0.138 e. The van der Waals surface area contributed by atoms with Gasteiger partial charge in [0.05, 0.1) is 11.8 Å². The second-order valence-corrected chi connectivity index (χ2v) is 4.40. The summed E-state index contributed by atoms with van der Waals surface area (Å²) in [6.45, 7) is 2.41. The molecular formula is C12H18N2O2. The van der Waals surface area contributed by atoms with Crippen LogP contribution in [0, 0.1) is 6.92 Å². The lowest BCUT2D eigenvalue weighted by atomic mass is 10.2. The summed E-state index contributed by atoms with van der Waals surface area (Å²) in [6, 6.07) is 3.58. The predicted octanol–water partition coefficient (Wildman–Crippen LogP) is 1.10. The van der Waals surface area contributed by atoms with Crippen molar-refractivity contribution in [1.82, 2.24) is 10.3 Å². The van der Waals surface area contributed by atoms with Crippen molar-refractivity contribution in [3.63, 3.8) is 0 Å². The average molecular weight is 222 g/mol. The Morgan fingerprint density at radius 3 is 2.94 bits per heavy atom. The number of nitrogens with one attached hydrogen (secondary N) is 1. The highest BCUT2D eigenvalue weighted by Gasteiger charge is 2.24. The quantitative estimate of drug-likeness (QED) is 0.716. The minimum Gasteiger partial charge on any atom is -0.506 e. The molecule has 0 radical (unpaired) electrons. The first-order chi connectivity index (χ1) is 7.66. The van der Waals surface area contributed by atoms with Crippen molar-refractivity contribution in [3.05, 3.63) is 23.5 Å². The maximum atomic E-state index is 9.65. The van der Waals surface area contributed by atoms with E-state index in [1.807, 2.05) is 6.92 Å². The third kappa shape index (κ3) is 2.51. The van der Waals surface area contributed by atoms with Gasteiger partial charge in [-0.2, -0.15) is 0 Å². The van der Waals surface area contributed by atoms with Gasteiger partial charge < -0.3 is 15.5 Å². The lowest BCUT2D eigenvalue weighted by molar-refractivity contribution is 0.148. The van der Waals surface area contributed by atoms with Gasteiger partial charge in [-0.1, -0.05) is 0 Å². The van der Waals surface area contributed by atoms with Crippen molar-refractivity contribution < 1.29 is 10.2 Å². The van der Waals surface area contributed by atoms with Crippen molar-refractivity contribution in [2.75, 3.05) is 0 Å². The SMILES string of the molecule is Cc1ccc(O)c(CNC2CCCC2O)n1. The molecule has 0 saturated heterocycles. The molecule has 1 aromatic rings. The minimum absolute atomic E-state index is 0.140. The Hall–Kier alpha value is -1.13. The normalized spacial score (nSPS) is 24.9. The van der Waals surface area contributed by atoms with Crippen molar-refractivity contribution >= 4 is 0 Å². The number of pyridine rings is 1. The van der Waals surface area contributed by atoms with E-state index in [-0.39, 0.29) is 17.9 Å². The molecule has 0 amide bonds. The van der Waals surface area contributed by atoms with Gasteiger partial charge in [-0.05, 0) is 38.3 Å². The Morgan fingerprint density at radius 1 is 1.44 bits per heavy atom. The third-order valence-corrected chi connectivity index (χ3v) is 3.10. The first-order valence-electron chi connectivity index (χ1n) is 5.74. The summed E-state index contributed by atoms with van der Waals surface area (Å²) >= 11 is 0. The van der Waals surface area contributed by atoms with E-state index in [4.69, 9.17) is 0 Å². The van der Waals surface area contributed by atoms with Gasteiger partial charge >= 0.3 is 0 Å². The molecule has 4 heteroatoms. The molecule has 1 aliphatic carbocycles. The Labute approximate surface area is 95.3 Å². The van der Waals surface area contributed by atoms with Gasteiger partial charge in [-0.3, -0.25) is 4.98 Å². The zero-order valence-corrected chi connectivity index (χ0v) is 9.48. The van der Waals surface area contributed by atoms with Crippen LogP contribution in [0.15, 0.2) is 12.1 Å². The van der Waals surface area contributed by atoms with E-state index in [9.17, 15) is 10.2 Å². The Kier molecular flexibility index (Phi) is 3.41. The summed E-state index contributed by atoms with van der Waals surface area (Å²) in [6.07, 6.45) is 2.66. The van der Waals surface area contributed by atoms with Gasteiger partial charge in [-0.15, -0.1) is 0 Å². The Bertz CT molecular complexity index is 368. The van der Waals surface area contributed by atoms with Crippen LogP contribution in [0.5, 0.6) is 5.75 Å². The highest BCUT2D eigenvalue weighted by atomic mass is 16.3. The van der Waals surface area contributed by atoms with E-state index < -0.39 is 0 Å². The number of hydrogen-bond donors (Lipinski definition) is 3. The van der Waals surface area contributed by atoms with Crippen molar-refractivity contribution in [2.45, 2.75) is 44.9 Å². The van der Waals surface area contributed by atoms with Gasteiger partial charge in [-0.25, -0.2) is 0 Å². The lowest BCUT2D eigenvalue weighted by Crippen LogP contribution is -2.35. The fraction of sp³-hybridized carbons (Fsp3) is 0.583. The van der Waals surface area contributed by atoms with Crippen LogP contribution in [0.25, 0.3) is 0 Å². The number of nitrogens with zero attached hydrogens (tertiary/aromatic N) is 1. The molecule has 88 valence electrons. The molecule has 0 spiro atoms. The Morgan fingerprint density at radius 2 is 2.25 bits per heavy atom. The topological polar surface area (TPSA) is 65.4 Å². The monoisotopic (exact) mass is 222 g/mol. The molecule has 16 heavy (non-hydrogen) atoms. The van der Waals surface area contributed by atoms with Gasteiger partial charge in [0.25, 0.3) is 0 Å². The highest BCUT2D eigenvalue weighted by Crippen LogP contribution is 2.20. The number of aryl methyl sites for hydroxylation is 1. The van der Waals surface area contributed by atoms with E-state index in [2.05, 4.69) is 10.3 Å². The van der Waals surface area contributed by atoms with Crippen LogP contribution in [0.4, 0.5) is 0 Å². The summed E-state index contributed by atoms with van der Waals surface area (Å²) in [7, 11) is 0. The summed E-state index contributed by atoms with van der Waals surface area (Å²) in [5.74, 6) is 0.214. The van der Waals surface area contributed by atoms with E-state index in [1.165, 1.54) is 0 Å². The van der Waals surface area contributed by atoms with Crippen LogP contribution in [0.1, 0.15) is 30.7 Å². The molecule has 1 heterocycles. The molecule has 4 nitrogen and oxygen atoms in total. The molecule has 0 bridgehead atoms. The average Bonchev–Trinajstić information content (AvgIpc) is 2.66. The summed E-state index contributed by atoms with van der Waals surface area (Å²) in [4.78, 5) is 4.26. The standard InChI is InChI=1S/C12H18N2O2/c1-8-5-6-12(16)10(14-8)7-13-9-3-2-4-11(9)15/h5-6,9,11,13,15-16H,2-4,7H2,1H3. The molecule has 2 rings (SSSR count). The number of hydrogen-bond acceptors (Lipinski definition) is 4. The molecule has 0 aliphatic heterocycles. The van der Waals surface area contributed by atoms with Crippen LogP contribution >= 0.6 is 0 Å². The van der Waals surface area contributed by atoms with Crippen LogP contribution in [-0.2, 0) is 6.54 Å². The lowest BCUT2D eigenvalue weighted by Gasteiger charge is -2.16. The van der Waals surface area contributed by atoms with Crippen molar-refractivity contribution in [3.8, 4) is 5.75 Å². The van der Waals surface area contributed by atoms with Gasteiger partial charge in [0.2, 0.25) is 0 Å². The highest BCUT2D eigenvalue weighted by molar-refractivity contribution is 5.27. The van der Waals surface area contributed by atoms with E-state index in [1.54, 1.807) is 12.1 Å². The zero-order valence-electron chi connectivity index (χ0n) is 9.48. The number of aromatic hydroxyl groups is 1. The van der Waals surface area contributed by atoms with Crippen LogP contribution in [0.3, 0.4) is 0 Å². The fourth-order valence-electron chi connectivity index (χ4n) is 2.14. The predicted molar refractivity (Wildman–Crippen MR) is 61.1 cm³/mol. The number of aliphatic hydroxyl groups is 1. The largest absolute Gasteiger partial charge is 0.506 e. The first-order valence-corrected chi connectivity index (χ1v) is 5.74. The molecule has 1 saturated carbocycles. The third-order valence-electron chi connectivity index (χ3n) is 3.10. The van der Waals surface area contributed by atoms with E-state index in [0.717, 1.165) is 25.0 Å². The van der Waals surface area contributed by atoms with Crippen LogP contribution in [-0.4, -0.2) is 27.3 Å². The molecule has 2 unspecified atom stereocenters. The van der Waals surface area contributed by atoms with E-state index in [0.29, 0.717) is 12.2 Å². The second kappa shape index (κ2) is 4.80.